The minimum atomic E-state index is -1.67. The molecule has 1 aromatic carbocycles. The number of hydrogen-bond donors (Lipinski definition) is 6. The van der Waals surface area contributed by atoms with Crippen LogP contribution in [0, 0.1) is 0 Å². The van der Waals surface area contributed by atoms with E-state index in [0.717, 1.165) is 11.3 Å². The van der Waals surface area contributed by atoms with Gasteiger partial charge in [0.2, 0.25) is 17.7 Å². The number of benzene rings is 1. The van der Waals surface area contributed by atoms with E-state index in [9.17, 15) is 29.1 Å². The van der Waals surface area contributed by atoms with E-state index in [-0.39, 0.29) is 6.42 Å². The normalized spacial score (nSPS) is 13.3. The van der Waals surface area contributed by atoms with E-state index in [4.69, 9.17) is 16.6 Å². The number of nitrogens with two attached hydrogens (primary N) is 2. The predicted molar refractivity (Wildman–Crippen MR) is 122 cm³/mol. The van der Waals surface area contributed by atoms with Gasteiger partial charge in [-0.05, 0) is 24.9 Å². The van der Waals surface area contributed by atoms with E-state index in [2.05, 4.69) is 10.6 Å². The molecule has 0 saturated heterocycles. The van der Waals surface area contributed by atoms with Crippen LogP contribution in [0.5, 0.6) is 0 Å². The summed E-state index contributed by atoms with van der Waals surface area (Å²) < 4.78 is 0. The first kappa shape index (κ1) is 28.5. The zero-order valence-corrected chi connectivity index (χ0v) is 19.1. The maximum Gasteiger partial charge on any atom is 0.326 e. The highest BCUT2D eigenvalue weighted by molar-refractivity contribution is 5.93. The fourth-order valence-corrected chi connectivity index (χ4v) is 3.12. The van der Waals surface area contributed by atoms with Gasteiger partial charge in [0.25, 0.3) is 0 Å². The van der Waals surface area contributed by atoms with Gasteiger partial charge in [-0.2, -0.15) is 0 Å². The second kappa shape index (κ2) is 14.6. The van der Waals surface area contributed by atoms with E-state index >= 15 is 0 Å². The van der Waals surface area contributed by atoms with Gasteiger partial charge < -0.3 is 37.2 Å². The second-order valence-corrected chi connectivity index (χ2v) is 7.82. The Bertz CT molecular complexity index is 849. The Morgan fingerprint density at radius 1 is 1.03 bits per heavy atom. The minimum Gasteiger partial charge on any atom is -0.481 e. The van der Waals surface area contributed by atoms with Crippen LogP contribution in [-0.4, -0.2) is 83.0 Å². The molecule has 34 heavy (non-hydrogen) atoms. The fourth-order valence-electron chi connectivity index (χ4n) is 3.12. The third kappa shape index (κ3) is 9.96. The monoisotopic (exact) mass is 479 g/mol. The van der Waals surface area contributed by atoms with Crippen LogP contribution in [0.25, 0.3) is 0 Å². The molecule has 0 heterocycles. The number of hydrogen-bond acceptors (Lipinski definition) is 7. The quantitative estimate of drug-likeness (QED) is 0.165. The lowest BCUT2D eigenvalue weighted by Crippen LogP contribution is -2.55. The number of carboxylic acid groups (broad SMARTS) is 2. The van der Waals surface area contributed by atoms with Crippen molar-refractivity contribution in [1.29, 1.82) is 0 Å². The van der Waals surface area contributed by atoms with E-state index in [0.29, 0.717) is 24.9 Å². The maximum absolute atomic E-state index is 12.9. The lowest BCUT2D eigenvalue weighted by Gasteiger charge is -2.29. The summed E-state index contributed by atoms with van der Waals surface area (Å²) in [4.78, 5) is 61.2. The molecule has 0 aliphatic heterocycles. The number of carboxylic acids is 2. The van der Waals surface area contributed by atoms with Gasteiger partial charge in [-0.1, -0.05) is 36.8 Å². The summed E-state index contributed by atoms with van der Waals surface area (Å²) in [5.74, 6) is -4.88. The van der Waals surface area contributed by atoms with Crippen LogP contribution in [0.2, 0.25) is 0 Å². The van der Waals surface area contributed by atoms with Gasteiger partial charge in [0, 0.05) is 13.5 Å². The summed E-state index contributed by atoms with van der Waals surface area (Å²) in [7, 11) is 1.34. The molecular weight excluding hydrogens is 446 g/mol. The standard InChI is InChI=1S/C22H33N5O7/c1-27(18(28)13-25-20(31)15(24)9-5-6-10-23)17(11-14-7-3-2-4-8-14)21(32)26-16(22(33)34)12-19(29)30/h2-4,7-8,15-17H,5-6,9-13,23-24H2,1H3,(H,25,31)(H,26,32)(H,29,30)(H,33,34)/t15-,16-,17-/m0/s1. The van der Waals surface area contributed by atoms with E-state index in [1.54, 1.807) is 30.3 Å². The van der Waals surface area contributed by atoms with Gasteiger partial charge in [0.15, 0.2) is 0 Å². The molecule has 0 radical (unpaired) electrons. The maximum atomic E-state index is 12.9. The molecule has 12 heteroatoms. The molecule has 8 N–H and O–H groups in total. The summed E-state index contributed by atoms with van der Waals surface area (Å²) in [6, 6.07) is 5.08. The molecule has 0 aliphatic rings. The molecule has 1 rings (SSSR count). The largest absolute Gasteiger partial charge is 0.481 e. The summed E-state index contributed by atoms with van der Waals surface area (Å²) in [6.45, 7) is 0.0632. The summed E-state index contributed by atoms with van der Waals surface area (Å²) in [5, 5.41) is 22.8. The topological polar surface area (TPSA) is 205 Å². The molecule has 0 saturated carbocycles. The van der Waals surface area contributed by atoms with Crippen molar-refractivity contribution < 1.29 is 34.2 Å². The van der Waals surface area contributed by atoms with Crippen molar-refractivity contribution in [3.05, 3.63) is 35.9 Å². The number of amides is 3. The number of unbranched alkanes of at least 4 members (excludes halogenated alkanes) is 1. The van der Waals surface area contributed by atoms with Crippen molar-refractivity contribution in [1.82, 2.24) is 15.5 Å². The molecule has 0 unspecified atom stereocenters. The number of rotatable bonds is 15. The predicted octanol–water partition coefficient (Wildman–Crippen LogP) is -1.33. The highest BCUT2D eigenvalue weighted by atomic mass is 16.4. The van der Waals surface area contributed by atoms with Crippen LogP contribution in [0.1, 0.15) is 31.2 Å². The molecular formula is C22H33N5O7. The Morgan fingerprint density at radius 2 is 1.68 bits per heavy atom. The average molecular weight is 480 g/mol. The number of carbonyl (C=O) groups excluding carboxylic acids is 3. The highest BCUT2D eigenvalue weighted by Crippen LogP contribution is 2.10. The van der Waals surface area contributed by atoms with Gasteiger partial charge >= 0.3 is 11.9 Å². The molecule has 1 aromatic rings. The van der Waals surface area contributed by atoms with Crippen LogP contribution in [0.3, 0.4) is 0 Å². The van der Waals surface area contributed by atoms with Crippen molar-refractivity contribution >= 4 is 29.7 Å². The van der Waals surface area contributed by atoms with Crippen LogP contribution in [-0.2, 0) is 30.4 Å². The van der Waals surface area contributed by atoms with Gasteiger partial charge in [-0.15, -0.1) is 0 Å². The first-order valence-corrected chi connectivity index (χ1v) is 10.8. The van der Waals surface area contributed by atoms with Crippen molar-refractivity contribution in [2.75, 3.05) is 20.1 Å². The number of likely N-dealkylation sites (N-methyl/N-ethyl adjacent to an activating group) is 1. The molecule has 0 aliphatic carbocycles. The Kier molecular flexibility index (Phi) is 12.2. The molecule has 12 nitrogen and oxygen atoms in total. The molecule has 3 atom stereocenters. The van der Waals surface area contributed by atoms with Crippen LogP contribution < -0.4 is 22.1 Å². The highest BCUT2D eigenvalue weighted by Gasteiger charge is 2.31. The molecule has 188 valence electrons. The smallest absolute Gasteiger partial charge is 0.326 e. The molecule has 3 amide bonds. The molecule has 0 fully saturated rings. The Labute approximate surface area is 197 Å². The van der Waals surface area contributed by atoms with Crippen molar-refractivity contribution in [3.8, 4) is 0 Å². The number of nitrogens with zero attached hydrogens (tertiary/aromatic N) is 1. The van der Waals surface area contributed by atoms with Gasteiger partial charge in [-0.25, -0.2) is 4.79 Å². The Morgan fingerprint density at radius 3 is 2.24 bits per heavy atom. The first-order chi connectivity index (χ1) is 16.1. The van der Waals surface area contributed by atoms with E-state index < -0.39 is 60.8 Å². The SMILES string of the molecule is CN(C(=O)CNC(=O)[C@@H](N)CCCCN)[C@@H](Cc1ccccc1)C(=O)N[C@@H](CC(=O)O)C(=O)O. The van der Waals surface area contributed by atoms with Crippen molar-refractivity contribution in [3.63, 3.8) is 0 Å². The number of nitrogens with one attached hydrogen (secondary N) is 2. The Hall–Kier alpha value is -3.51. The zero-order valence-electron chi connectivity index (χ0n) is 19.1. The van der Waals surface area contributed by atoms with Crippen LogP contribution in [0.15, 0.2) is 30.3 Å². The van der Waals surface area contributed by atoms with Crippen LogP contribution in [0.4, 0.5) is 0 Å². The summed E-state index contributed by atoms with van der Waals surface area (Å²) >= 11 is 0. The molecule has 0 aromatic heterocycles. The number of aliphatic carboxylic acids is 2. The summed E-state index contributed by atoms with van der Waals surface area (Å²) in [5.41, 5.74) is 11.9. The lowest BCUT2D eigenvalue weighted by atomic mass is 10.0. The first-order valence-electron chi connectivity index (χ1n) is 10.8. The minimum absolute atomic E-state index is 0.0425. The third-order valence-electron chi connectivity index (χ3n) is 5.15. The molecule has 0 bridgehead atoms. The van der Waals surface area contributed by atoms with Crippen molar-refractivity contribution in [2.45, 2.75) is 50.2 Å². The summed E-state index contributed by atoms with van der Waals surface area (Å²) in [6.07, 6.45) is 1.01. The van der Waals surface area contributed by atoms with Crippen molar-refractivity contribution in [2.24, 2.45) is 11.5 Å². The Balaban J connectivity index is 2.90. The second-order valence-electron chi connectivity index (χ2n) is 7.82. The van der Waals surface area contributed by atoms with Crippen LogP contribution >= 0.6 is 0 Å². The zero-order chi connectivity index (χ0) is 25.7. The third-order valence-corrected chi connectivity index (χ3v) is 5.15. The van der Waals surface area contributed by atoms with E-state index in [1.165, 1.54) is 7.05 Å². The molecule has 0 spiro atoms. The van der Waals surface area contributed by atoms with Gasteiger partial charge in [0.1, 0.15) is 12.1 Å². The average Bonchev–Trinajstić information content (AvgIpc) is 2.80. The number of carbonyl (C=O) groups is 5. The lowest BCUT2D eigenvalue weighted by molar-refractivity contribution is -0.148. The fraction of sp³-hybridized carbons (Fsp3) is 0.500. The van der Waals surface area contributed by atoms with Gasteiger partial charge in [-0.3, -0.25) is 19.2 Å². The van der Waals surface area contributed by atoms with Gasteiger partial charge in [0.05, 0.1) is 19.0 Å². The van der Waals surface area contributed by atoms with E-state index in [1.807, 2.05) is 0 Å².